The molecular weight excluding hydrogens is 338 g/mol. The predicted octanol–water partition coefficient (Wildman–Crippen LogP) is 4.64. The van der Waals surface area contributed by atoms with Gasteiger partial charge in [0.1, 0.15) is 0 Å². The number of hydrogen-bond acceptors (Lipinski definition) is 5. The normalized spacial score (nSPS) is 11.0. The van der Waals surface area contributed by atoms with Crippen LogP contribution in [0.25, 0.3) is 28.6 Å². The number of aromatic nitrogens is 5. The molecule has 4 rings (SSSR count). The van der Waals surface area contributed by atoms with Gasteiger partial charge < -0.3 is 4.42 Å². The molecular formula is C21H21N5O. The van der Waals surface area contributed by atoms with E-state index in [1.54, 1.807) is 4.68 Å². The van der Waals surface area contributed by atoms with Gasteiger partial charge in [-0.1, -0.05) is 36.3 Å². The molecule has 0 atom stereocenters. The van der Waals surface area contributed by atoms with Gasteiger partial charge in [0, 0.05) is 11.1 Å². The van der Waals surface area contributed by atoms with E-state index in [4.69, 9.17) is 4.42 Å². The molecule has 0 saturated heterocycles. The molecule has 2 aromatic carbocycles. The van der Waals surface area contributed by atoms with E-state index in [1.165, 1.54) is 5.56 Å². The Kier molecular flexibility index (Phi) is 4.78. The monoisotopic (exact) mass is 359 g/mol. The molecule has 27 heavy (non-hydrogen) atoms. The SMILES string of the molecule is CCCCc1cn(-c2ccc(-c3nnc(-c4ccc(C)cc4)o3)cc2)nn1. The van der Waals surface area contributed by atoms with Gasteiger partial charge in [0.15, 0.2) is 0 Å². The molecule has 0 radical (unpaired) electrons. The van der Waals surface area contributed by atoms with E-state index in [9.17, 15) is 0 Å². The van der Waals surface area contributed by atoms with Crippen molar-refractivity contribution in [3.05, 3.63) is 66.0 Å². The maximum atomic E-state index is 5.83. The first-order valence-corrected chi connectivity index (χ1v) is 9.15. The summed E-state index contributed by atoms with van der Waals surface area (Å²) in [6.45, 7) is 4.22. The minimum Gasteiger partial charge on any atom is -0.416 e. The molecule has 0 unspecified atom stereocenters. The summed E-state index contributed by atoms with van der Waals surface area (Å²) in [6, 6.07) is 15.9. The highest BCUT2D eigenvalue weighted by atomic mass is 16.4. The molecule has 0 aliphatic rings. The largest absolute Gasteiger partial charge is 0.416 e. The summed E-state index contributed by atoms with van der Waals surface area (Å²) < 4.78 is 7.62. The quantitative estimate of drug-likeness (QED) is 0.502. The summed E-state index contributed by atoms with van der Waals surface area (Å²) in [5.41, 5.74) is 4.95. The van der Waals surface area contributed by atoms with Crippen molar-refractivity contribution in [2.45, 2.75) is 33.1 Å². The van der Waals surface area contributed by atoms with Crippen LogP contribution in [0.5, 0.6) is 0 Å². The standard InChI is InChI=1S/C21H21N5O/c1-3-4-5-18-14-26(25-22-18)19-12-10-17(11-13-19)21-24-23-20(27-21)16-8-6-15(2)7-9-16/h6-14H,3-5H2,1-2H3. The minimum atomic E-state index is 0.499. The average Bonchev–Trinajstić information content (AvgIpc) is 3.37. The first-order chi connectivity index (χ1) is 13.2. The lowest BCUT2D eigenvalue weighted by Gasteiger charge is -2.01. The smallest absolute Gasteiger partial charge is 0.248 e. The van der Waals surface area contributed by atoms with Crippen molar-refractivity contribution >= 4 is 0 Å². The van der Waals surface area contributed by atoms with Crippen LogP contribution in [0.4, 0.5) is 0 Å². The van der Waals surface area contributed by atoms with Gasteiger partial charge in [-0.25, -0.2) is 4.68 Å². The second-order valence-electron chi connectivity index (χ2n) is 6.58. The third-order valence-corrected chi connectivity index (χ3v) is 4.43. The molecule has 2 aromatic heterocycles. The topological polar surface area (TPSA) is 69.6 Å². The van der Waals surface area contributed by atoms with Gasteiger partial charge >= 0.3 is 0 Å². The van der Waals surface area contributed by atoms with Gasteiger partial charge in [-0.05, 0) is 56.2 Å². The lowest BCUT2D eigenvalue weighted by atomic mass is 10.1. The van der Waals surface area contributed by atoms with Gasteiger partial charge in [0.2, 0.25) is 11.8 Å². The van der Waals surface area contributed by atoms with Crippen LogP contribution < -0.4 is 0 Å². The van der Waals surface area contributed by atoms with Crippen molar-refractivity contribution in [2.75, 3.05) is 0 Å². The molecule has 4 aromatic rings. The average molecular weight is 359 g/mol. The molecule has 0 N–H and O–H groups in total. The van der Waals surface area contributed by atoms with Gasteiger partial charge in [0.05, 0.1) is 17.6 Å². The van der Waals surface area contributed by atoms with Crippen LogP contribution in [-0.4, -0.2) is 25.2 Å². The summed E-state index contributed by atoms with van der Waals surface area (Å²) in [6.07, 6.45) is 5.21. The fourth-order valence-corrected chi connectivity index (χ4v) is 2.81. The molecule has 0 saturated carbocycles. The van der Waals surface area contributed by atoms with E-state index < -0.39 is 0 Å². The summed E-state index contributed by atoms with van der Waals surface area (Å²) in [5, 5.41) is 16.8. The van der Waals surface area contributed by atoms with Crippen LogP contribution in [0, 0.1) is 6.92 Å². The zero-order valence-corrected chi connectivity index (χ0v) is 15.5. The highest BCUT2D eigenvalue weighted by Gasteiger charge is 2.11. The number of aryl methyl sites for hydroxylation is 2. The molecule has 6 heteroatoms. The molecule has 6 nitrogen and oxygen atoms in total. The number of rotatable bonds is 6. The van der Waals surface area contributed by atoms with Gasteiger partial charge in [-0.2, -0.15) is 0 Å². The van der Waals surface area contributed by atoms with Gasteiger partial charge in [-0.15, -0.1) is 15.3 Å². The number of hydrogen-bond donors (Lipinski definition) is 0. The van der Waals surface area contributed by atoms with Crippen LogP contribution >= 0.6 is 0 Å². The predicted molar refractivity (Wildman–Crippen MR) is 103 cm³/mol. The molecule has 0 fully saturated rings. The third kappa shape index (κ3) is 3.79. The van der Waals surface area contributed by atoms with E-state index >= 15 is 0 Å². The fraction of sp³-hybridized carbons (Fsp3) is 0.238. The third-order valence-electron chi connectivity index (χ3n) is 4.43. The molecule has 0 spiro atoms. The zero-order valence-electron chi connectivity index (χ0n) is 15.5. The van der Waals surface area contributed by atoms with E-state index in [0.717, 1.165) is 41.8 Å². The van der Waals surface area contributed by atoms with Crippen molar-refractivity contribution < 1.29 is 4.42 Å². The van der Waals surface area contributed by atoms with Crippen molar-refractivity contribution in [3.8, 4) is 28.6 Å². The van der Waals surface area contributed by atoms with E-state index in [1.807, 2.05) is 61.7 Å². The fourth-order valence-electron chi connectivity index (χ4n) is 2.81. The number of unbranched alkanes of at least 4 members (excludes halogenated alkanes) is 1. The van der Waals surface area contributed by atoms with Crippen LogP contribution in [0.1, 0.15) is 31.0 Å². The Bertz CT molecular complexity index is 1020. The molecule has 0 amide bonds. The molecule has 136 valence electrons. The lowest BCUT2D eigenvalue weighted by molar-refractivity contribution is 0.584. The Morgan fingerprint density at radius 1 is 0.852 bits per heavy atom. The Labute approximate surface area is 157 Å². The Morgan fingerprint density at radius 2 is 1.48 bits per heavy atom. The number of nitrogens with zero attached hydrogens (tertiary/aromatic N) is 5. The van der Waals surface area contributed by atoms with Crippen LogP contribution in [0.2, 0.25) is 0 Å². The highest BCUT2D eigenvalue weighted by Crippen LogP contribution is 2.24. The van der Waals surface area contributed by atoms with Crippen LogP contribution in [-0.2, 0) is 6.42 Å². The van der Waals surface area contributed by atoms with Crippen molar-refractivity contribution in [1.82, 2.24) is 25.2 Å². The molecule has 0 bridgehead atoms. The molecule has 0 aliphatic carbocycles. The second kappa shape index (κ2) is 7.53. The summed E-state index contributed by atoms with van der Waals surface area (Å²) >= 11 is 0. The molecule has 0 aliphatic heterocycles. The van der Waals surface area contributed by atoms with Gasteiger partial charge in [-0.3, -0.25) is 0 Å². The van der Waals surface area contributed by atoms with Crippen molar-refractivity contribution in [1.29, 1.82) is 0 Å². The summed E-state index contributed by atoms with van der Waals surface area (Å²) in [7, 11) is 0. The van der Waals surface area contributed by atoms with Gasteiger partial charge in [0.25, 0.3) is 0 Å². The second-order valence-corrected chi connectivity index (χ2v) is 6.58. The van der Waals surface area contributed by atoms with Crippen molar-refractivity contribution in [2.24, 2.45) is 0 Å². The number of benzene rings is 2. The van der Waals surface area contributed by atoms with Crippen molar-refractivity contribution in [3.63, 3.8) is 0 Å². The van der Waals surface area contributed by atoms with E-state index in [0.29, 0.717) is 11.8 Å². The minimum absolute atomic E-state index is 0.499. The summed E-state index contributed by atoms with van der Waals surface area (Å²) in [4.78, 5) is 0. The van der Waals surface area contributed by atoms with E-state index in [2.05, 4.69) is 27.4 Å². The molecule has 2 heterocycles. The van der Waals surface area contributed by atoms with Crippen LogP contribution in [0.3, 0.4) is 0 Å². The first-order valence-electron chi connectivity index (χ1n) is 9.15. The lowest BCUT2D eigenvalue weighted by Crippen LogP contribution is -1.94. The highest BCUT2D eigenvalue weighted by molar-refractivity contribution is 5.59. The Morgan fingerprint density at radius 3 is 2.11 bits per heavy atom. The maximum absolute atomic E-state index is 5.83. The summed E-state index contributed by atoms with van der Waals surface area (Å²) in [5.74, 6) is 1.02. The van der Waals surface area contributed by atoms with E-state index in [-0.39, 0.29) is 0 Å². The Hall–Kier alpha value is -3.28. The zero-order chi connectivity index (χ0) is 18.6. The first kappa shape index (κ1) is 17.1. The maximum Gasteiger partial charge on any atom is 0.248 e. The Balaban J connectivity index is 1.52. The van der Waals surface area contributed by atoms with Crippen LogP contribution in [0.15, 0.2) is 59.1 Å².